The van der Waals surface area contributed by atoms with Crippen molar-refractivity contribution in [2.75, 3.05) is 14.7 Å². The molecule has 5 heteroatoms. The number of benzene rings is 6. The number of nitrogens with zero attached hydrogens (tertiary/aromatic N) is 3. The summed E-state index contributed by atoms with van der Waals surface area (Å²) in [4.78, 5) is 10.5. The van der Waals surface area contributed by atoms with E-state index >= 15 is 0 Å². The Morgan fingerprint density at radius 1 is 0.564 bits per heavy atom. The summed E-state index contributed by atoms with van der Waals surface area (Å²) in [5, 5.41) is 0. The molecule has 4 aliphatic heterocycles. The van der Waals surface area contributed by atoms with E-state index < -0.39 is 0 Å². The first-order valence-electron chi connectivity index (χ1n) is 20.8. The Balaban J connectivity index is 1.12. The van der Waals surface area contributed by atoms with E-state index in [1.54, 1.807) is 5.56 Å². The highest BCUT2D eigenvalue weighted by Gasteiger charge is 2.61. The zero-order valence-corrected chi connectivity index (χ0v) is 32.7. The fraction of sp³-hybridized carbons (Fsp3) is 0.280. The van der Waals surface area contributed by atoms with Crippen LogP contribution in [0.3, 0.4) is 0 Å². The number of hydrogen-bond acceptors (Lipinski definition) is 4. The summed E-state index contributed by atoms with van der Waals surface area (Å²) in [6.45, 7) is 5.30. The third-order valence-corrected chi connectivity index (χ3v) is 15.9. The molecule has 6 aliphatic rings. The zero-order valence-electron chi connectivity index (χ0n) is 31.9. The molecule has 12 rings (SSSR count). The highest BCUT2D eigenvalue weighted by Crippen LogP contribution is 2.62. The SMILES string of the molecule is CC12CCCCC1(C)N1c3ccccc3B3c4ccc5cc4N(c4ccccc4Sc4ccccc4N5c4ccc(C5CCCCC5)cc4)c4ccc2c1c43. The fourth-order valence-corrected chi connectivity index (χ4v) is 13.0. The minimum absolute atomic E-state index is 0.0318. The van der Waals surface area contributed by atoms with E-state index in [-0.39, 0.29) is 17.7 Å². The van der Waals surface area contributed by atoms with Gasteiger partial charge < -0.3 is 14.7 Å². The second-order valence-corrected chi connectivity index (χ2v) is 18.5. The maximum atomic E-state index is 2.82. The van der Waals surface area contributed by atoms with Crippen LogP contribution >= 0.6 is 11.8 Å². The lowest BCUT2D eigenvalue weighted by Gasteiger charge is -2.52. The monoisotopic (exact) mass is 731 g/mol. The van der Waals surface area contributed by atoms with Crippen molar-refractivity contribution in [2.24, 2.45) is 0 Å². The molecule has 2 fully saturated rings. The molecule has 2 saturated carbocycles. The molecule has 3 nitrogen and oxygen atoms in total. The van der Waals surface area contributed by atoms with Gasteiger partial charge in [0.25, 0.3) is 6.71 Å². The van der Waals surface area contributed by atoms with Gasteiger partial charge in [0, 0.05) is 49.3 Å². The van der Waals surface area contributed by atoms with E-state index in [9.17, 15) is 0 Å². The summed E-state index contributed by atoms with van der Waals surface area (Å²) in [6, 6.07) is 49.5. The van der Waals surface area contributed by atoms with Crippen LogP contribution in [0.15, 0.2) is 137 Å². The molecule has 4 heterocycles. The standard InChI is InChI=1S/C50H46BN3S/c1-49-30-12-13-31-50(49,2)54-40-17-7-6-16-38(40)51-39-28-26-36-32-44(39)53(43-29-27-37(49)48(54)47(43)51)42-19-9-11-21-46(42)55-45-20-10-8-18-41(45)52(36)35-24-22-34(23-25-35)33-14-4-3-5-15-33/h6-11,16-29,32-33H,3-5,12-15,30-31H2,1-2H3. The quantitative estimate of drug-likeness (QED) is 0.164. The lowest BCUT2D eigenvalue weighted by molar-refractivity contribution is 0.195. The van der Waals surface area contributed by atoms with Crippen molar-refractivity contribution in [2.45, 2.75) is 98.3 Å². The Hall–Kier alpha value is -4.87. The molecule has 0 radical (unpaired) electrons. The van der Waals surface area contributed by atoms with Crippen molar-refractivity contribution in [1.82, 2.24) is 0 Å². The van der Waals surface area contributed by atoms with Crippen LogP contribution in [-0.2, 0) is 5.41 Å². The van der Waals surface area contributed by atoms with E-state index in [1.807, 2.05) is 11.8 Å². The van der Waals surface area contributed by atoms with Crippen molar-refractivity contribution in [3.63, 3.8) is 0 Å². The molecule has 0 aromatic heterocycles. The van der Waals surface area contributed by atoms with Crippen molar-refractivity contribution in [1.29, 1.82) is 0 Å². The van der Waals surface area contributed by atoms with Gasteiger partial charge in [-0.05, 0) is 127 Å². The minimum Gasteiger partial charge on any atom is -0.335 e. The van der Waals surface area contributed by atoms with Gasteiger partial charge in [-0.1, -0.05) is 118 Å². The smallest absolute Gasteiger partial charge is 0.252 e. The first-order valence-corrected chi connectivity index (χ1v) is 21.6. The van der Waals surface area contributed by atoms with E-state index in [1.165, 1.54) is 135 Å². The largest absolute Gasteiger partial charge is 0.335 e. The summed E-state index contributed by atoms with van der Waals surface area (Å²) in [6.07, 6.45) is 11.7. The Kier molecular flexibility index (Phi) is 6.96. The first-order chi connectivity index (χ1) is 27.0. The molecule has 0 amide bonds. The van der Waals surface area contributed by atoms with Crippen LogP contribution in [-0.4, -0.2) is 12.3 Å². The predicted molar refractivity (Wildman–Crippen MR) is 233 cm³/mol. The molecule has 2 aliphatic carbocycles. The molecular weight excluding hydrogens is 685 g/mol. The van der Waals surface area contributed by atoms with Gasteiger partial charge in [0.05, 0.1) is 16.9 Å². The molecular formula is C50H46BN3S. The van der Waals surface area contributed by atoms with Gasteiger partial charge in [0.15, 0.2) is 0 Å². The number of para-hydroxylation sites is 3. The second-order valence-electron chi connectivity index (χ2n) is 17.4. The van der Waals surface area contributed by atoms with Gasteiger partial charge in [-0.2, -0.15) is 0 Å². The van der Waals surface area contributed by atoms with Crippen LogP contribution in [0.25, 0.3) is 0 Å². The van der Waals surface area contributed by atoms with Crippen molar-refractivity contribution < 1.29 is 0 Å². The van der Waals surface area contributed by atoms with Gasteiger partial charge in [0.2, 0.25) is 0 Å². The lowest BCUT2D eigenvalue weighted by Crippen LogP contribution is -2.64. The summed E-state index contributed by atoms with van der Waals surface area (Å²) >= 11 is 1.90. The van der Waals surface area contributed by atoms with Gasteiger partial charge in [-0.15, -0.1) is 0 Å². The second kappa shape index (κ2) is 11.8. The first kappa shape index (κ1) is 32.4. The number of rotatable bonds is 2. The molecule has 2 atom stereocenters. The average molecular weight is 732 g/mol. The molecule has 2 unspecified atom stereocenters. The van der Waals surface area contributed by atoms with Crippen LogP contribution in [0.2, 0.25) is 0 Å². The molecule has 0 saturated heterocycles. The highest BCUT2D eigenvalue weighted by molar-refractivity contribution is 7.99. The molecule has 0 spiro atoms. The third kappa shape index (κ3) is 4.37. The van der Waals surface area contributed by atoms with E-state index in [4.69, 9.17) is 0 Å². The third-order valence-electron chi connectivity index (χ3n) is 14.8. The van der Waals surface area contributed by atoms with E-state index in [0.29, 0.717) is 5.92 Å². The molecule has 270 valence electrons. The lowest BCUT2D eigenvalue weighted by atomic mass is 9.33. The van der Waals surface area contributed by atoms with Crippen molar-refractivity contribution in [3.05, 3.63) is 139 Å². The summed E-state index contributed by atoms with van der Waals surface area (Å²) in [5.74, 6) is 0.684. The Morgan fingerprint density at radius 2 is 1.22 bits per heavy atom. The summed E-state index contributed by atoms with van der Waals surface area (Å²) < 4.78 is 0. The molecule has 6 aromatic carbocycles. The summed E-state index contributed by atoms with van der Waals surface area (Å²) in [5.41, 5.74) is 17.9. The van der Waals surface area contributed by atoms with E-state index in [2.05, 4.69) is 156 Å². The topological polar surface area (TPSA) is 9.72 Å². The number of anilines is 8. The van der Waals surface area contributed by atoms with Crippen LogP contribution in [0, 0.1) is 0 Å². The van der Waals surface area contributed by atoms with Gasteiger partial charge in [-0.3, -0.25) is 0 Å². The number of fused-ring (bicyclic) bond motifs is 12. The predicted octanol–water partition coefficient (Wildman–Crippen LogP) is 12.0. The van der Waals surface area contributed by atoms with Crippen LogP contribution in [0.4, 0.5) is 45.5 Å². The van der Waals surface area contributed by atoms with Gasteiger partial charge >= 0.3 is 0 Å². The Labute approximate surface area is 330 Å². The van der Waals surface area contributed by atoms with E-state index in [0.717, 1.165) is 0 Å². The van der Waals surface area contributed by atoms with Crippen LogP contribution in [0.5, 0.6) is 0 Å². The van der Waals surface area contributed by atoms with Crippen molar-refractivity contribution >= 4 is 80.4 Å². The minimum atomic E-state index is 0.0318. The van der Waals surface area contributed by atoms with Crippen LogP contribution < -0.4 is 31.1 Å². The highest BCUT2D eigenvalue weighted by atomic mass is 32.2. The molecule has 6 aromatic rings. The maximum absolute atomic E-state index is 2.82. The van der Waals surface area contributed by atoms with Crippen molar-refractivity contribution in [3.8, 4) is 0 Å². The van der Waals surface area contributed by atoms with Gasteiger partial charge in [0.1, 0.15) is 0 Å². The Bertz CT molecular complexity index is 2540. The normalized spacial score (nSPS) is 23.0. The zero-order chi connectivity index (χ0) is 36.5. The molecule has 55 heavy (non-hydrogen) atoms. The Morgan fingerprint density at radius 3 is 2.00 bits per heavy atom. The summed E-state index contributed by atoms with van der Waals surface area (Å²) in [7, 11) is 0. The molecule has 0 N–H and O–H groups in total. The van der Waals surface area contributed by atoms with Gasteiger partial charge in [-0.25, -0.2) is 0 Å². The molecule has 2 bridgehead atoms. The van der Waals surface area contributed by atoms with Crippen LogP contribution in [0.1, 0.15) is 88.7 Å². The average Bonchev–Trinajstić information content (AvgIpc) is 3.45. The number of hydrogen-bond donors (Lipinski definition) is 0. The maximum Gasteiger partial charge on any atom is 0.252 e. The fourth-order valence-electron chi connectivity index (χ4n) is 11.9.